The van der Waals surface area contributed by atoms with Crippen molar-refractivity contribution in [2.24, 2.45) is 0 Å². The molecule has 1 amide bonds. The van der Waals surface area contributed by atoms with E-state index in [0.29, 0.717) is 19.6 Å². The lowest BCUT2D eigenvalue weighted by Crippen LogP contribution is -2.24. The van der Waals surface area contributed by atoms with Crippen LogP contribution in [0.2, 0.25) is 0 Å². The van der Waals surface area contributed by atoms with Gasteiger partial charge in [-0.1, -0.05) is 47.1 Å². The molecule has 0 spiro atoms. The first-order valence-corrected chi connectivity index (χ1v) is 12.6. The number of carbonyl (C=O) groups excluding carboxylic acids is 1. The van der Waals surface area contributed by atoms with Gasteiger partial charge in [-0.3, -0.25) is 4.79 Å². The highest BCUT2D eigenvalue weighted by molar-refractivity contribution is 9.10. The van der Waals surface area contributed by atoms with Crippen LogP contribution >= 0.6 is 15.9 Å². The van der Waals surface area contributed by atoms with E-state index in [0.717, 1.165) is 52.2 Å². The summed E-state index contributed by atoms with van der Waals surface area (Å²) < 4.78 is 9.27. The van der Waals surface area contributed by atoms with Gasteiger partial charge in [0, 0.05) is 35.6 Å². The molecule has 1 saturated heterocycles. The Morgan fingerprint density at radius 3 is 2.56 bits per heavy atom. The van der Waals surface area contributed by atoms with Crippen molar-refractivity contribution in [1.82, 2.24) is 9.55 Å². The third kappa shape index (κ3) is 4.73. The second kappa shape index (κ2) is 10.0. The van der Waals surface area contributed by atoms with Gasteiger partial charge in [-0.15, -0.1) is 0 Å². The van der Waals surface area contributed by atoms with E-state index in [2.05, 4.69) is 45.6 Å². The van der Waals surface area contributed by atoms with E-state index in [1.807, 2.05) is 59.5 Å². The van der Waals surface area contributed by atoms with Crippen LogP contribution in [0.3, 0.4) is 0 Å². The van der Waals surface area contributed by atoms with Gasteiger partial charge >= 0.3 is 0 Å². The number of hydrogen-bond donors (Lipinski definition) is 0. The number of carbonyl (C=O) groups is 1. The maximum atomic E-state index is 12.9. The lowest BCUT2D eigenvalue weighted by molar-refractivity contribution is -0.117. The van der Waals surface area contributed by atoms with Crippen LogP contribution < -0.4 is 9.64 Å². The molecule has 1 aromatic heterocycles. The zero-order valence-electron chi connectivity index (χ0n) is 19.3. The van der Waals surface area contributed by atoms with Crippen LogP contribution in [0.5, 0.6) is 5.75 Å². The normalized spacial score (nSPS) is 15.9. The number of nitrogens with zero attached hydrogens (tertiary/aromatic N) is 3. The Balaban J connectivity index is 1.32. The van der Waals surface area contributed by atoms with E-state index in [4.69, 9.17) is 9.72 Å². The summed E-state index contributed by atoms with van der Waals surface area (Å²) >= 11 is 3.47. The molecule has 3 aromatic carbocycles. The minimum Gasteiger partial charge on any atom is -0.494 e. The molecular formula is C28H28BrN3O2. The Hall–Kier alpha value is -3.12. The number of anilines is 1. The van der Waals surface area contributed by atoms with Gasteiger partial charge in [0.25, 0.3) is 0 Å². The molecule has 5 rings (SSSR count). The Morgan fingerprint density at radius 1 is 1.03 bits per heavy atom. The number of imidazole rings is 1. The third-order valence-corrected chi connectivity index (χ3v) is 6.97. The highest BCUT2D eigenvalue weighted by Gasteiger charge is 2.34. The molecule has 4 aromatic rings. The van der Waals surface area contributed by atoms with Gasteiger partial charge in [0.05, 0.1) is 17.6 Å². The molecule has 0 bridgehead atoms. The number of rotatable bonds is 8. The van der Waals surface area contributed by atoms with Crippen molar-refractivity contribution in [1.29, 1.82) is 0 Å². The molecule has 5 nitrogen and oxygen atoms in total. The number of ether oxygens (including phenoxy) is 1. The average Bonchev–Trinajstić information content (AvgIpc) is 3.43. The summed E-state index contributed by atoms with van der Waals surface area (Å²) in [4.78, 5) is 19.7. The SMILES string of the molecule is CCc1ccc(OCCCn2c(C3CC(=O)N(c4ccc(Br)cc4)C3)nc3ccccc32)cc1. The molecule has 6 heteroatoms. The van der Waals surface area contributed by atoms with Crippen molar-refractivity contribution in [3.8, 4) is 5.75 Å². The van der Waals surface area contributed by atoms with Gasteiger partial charge in [0.1, 0.15) is 11.6 Å². The summed E-state index contributed by atoms with van der Waals surface area (Å²) in [6.45, 7) is 4.22. The van der Waals surface area contributed by atoms with Crippen molar-refractivity contribution in [2.75, 3.05) is 18.1 Å². The minimum atomic E-state index is 0.0612. The van der Waals surface area contributed by atoms with Crippen molar-refractivity contribution in [2.45, 2.75) is 38.6 Å². The summed E-state index contributed by atoms with van der Waals surface area (Å²) in [7, 11) is 0. The number of aromatic nitrogens is 2. The Morgan fingerprint density at radius 2 is 1.79 bits per heavy atom. The zero-order chi connectivity index (χ0) is 23.5. The van der Waals surface area contributed by atoms with Crippen molar-refractivity contribution in [3.05, 3.63) is 88.7 Å². The topological polar surface area (TPSA) is 47.4 Å². The van der Waals surface area contributed by atoms with Crippen LogP contribution in [-0.4, -0.2) is 28.6 Å². The lowest BCUT2D eigenvalue weighted by atomic mass is 10.1. The number of halogens is 1. The molecular weight excluding hydrogens is 490 g/mol. The molecule has 34 heavy (non-hydrogen) atoms. The monoisotopic (exact) mass is 517 g/mol. The number of para-hydroxylation sites is 2. The molecule has 1 unspecified atom stereocenters. The van der Waals surface area contributed by atoms with Gasteiger partial charge in [0.2, 0.25) is 5.91 Å². The van der Waals surface area contributed by atoms with Crippen LogP contribution in [0.25, 0.3) is 11.0 Å². The molecule has 0 N–H and O–H groups in total. The number of hydrogen-bond acceptors (Lipinski definition) is 3. The molecule has 2 heterocycles. The molecule has 0 aliphatic carbocycles. The molecule has 1 fully saturated rings. The fourth-order valence-electron chi connectivity index (χ4n) is 4.63. The van der Waals surface area contributed by atoms with Gasteiger partial charge in [0.15, 0.2) is 0 Å². The van der Waals surface area contributed by atoms with Crippen molar-refractivity contribution in [3.63, 3.8) is 0 Å². The second-order valence-corrected chi connectivity index (χ2v) is 9.61. The van der Waals surface area contributed by atoms with Crippen LogP contribution in [0.4, 0.5) is 5.69 Å². The predicted molar refractivity (Wildman–Crippen MR) is 140 cm³/mol. The van der Waals surface area contributed by atoms with Gasteiger partial charge in [-0.05, 0) is 66.9 Å². The summed E-state index contributed by atoms with van der Waals surface area (Å²) in [5, 5.41) is 0. The summed E-state index contributed by atoms with van der Waals surface area (Å²) in [5.41, 5.74) is 4.33. The fourth-order valence-corrected chi connectivity index (χ4v) is 4.89. The summed E-state index contributed by atoms with van der Waals surface area (Å²) in [6.07, 6.45) is 2.36. The predicted octanol–water partition coefficient (Wildman–Crippen LogP) is 6.35. The summed E-state index contributed by atoms with van der Waals surface area (Å²) in [5.74, 6) is 2.09. The van der Waals surface area contributed by atoms with E-state index >= 15 is 0 Å². The number of fused-ring (bicyclic) bond motifs is 1. The van der Waals surface area contributed by atoms with E-state index < -0.39 is 0 Å². The first-order chi connectivity index (χ1) is 16.6. The molecule has 1 aliphatic rings. The van der Waals surface area contributed by atoms with E-state index in [1.165, 1.54) is 5.56 Å². The van der Waals surface area contributed by atoms with Crippen LogP contribution in [0.15, 0.2) is 77.3 Å². The molecule has 0 radical (unpaired) electrons. The average molecular weight is 518 g/mol. The maximum Gasteiger partial charge on any atom is 0.227 e. The number of benzene rings is 3. The largest absolute Gasteiger partial charge is 0.494 e. The third-order valence-electron chi connectivity index (χ3n) is 6.44. The first kappa shape index (κ1) is 22.7. The Bertz CT molecular complexity index is 1280. The van der Waals surface area contributed by atoms with Gasteiger partial charge in [-0.25, -0.2) is 4.98 Å². The van der Waals surface area contributed by atoms with Crippen LogP contribution in [-0.2, 0) is 17.8 Å². The minimum absolute atomic E-state index is 0.0612. The number of amides is 1. The fraction of sp³-hybridized carbons (Fsp3) is 0.286. The van der Waals surface area contributed by atoms with Crippen LogP contribution in [0, 0.1) is 0 Å². The van der Waals surface area contributed by atoms with E-state index in [-0.39, 0.29) is 11.8 Å². The van der Waals surface area contributed by atoms with Crippen LogP contribution in [0.1, 0.15) is 37.1 Å². The highest BCUT2D eigenvalue weighted by Crippen LogP contribution is 2.33. The van der Waals surface area contributed by atoms with Crippen molar-refractivity contribution < 1.29 is 9.53 Å². The first-order valence-electron chi connectivity index (χ1n) is 11.8. The molecule has 1 atom stereocenters. The highest BCUT2D eigenvalue weighted by atomic mass is 79.9. The zero-order valence-corrected chi connectivity index (χ0v) is 20.9. The number of aryl methyl sites for hydroxylation is 2. The second-order valence-electron chi connectivity index (χ2n) is 8.69. The maximum absolute atomic E-state index is 12.9. The summed E-state index contributed by atoms with van der Waals surface area (Å²) in [6, 6.07) is 24.4. The quantitative estimate of drug-likeness (QED) is 0.256. The molecule has 0 saturated carbocycles. The van der Waals surface area contributed by atoms with E-state index in [9.17, 15) is 4.79 Å². The Kier molecular flexibility index (Phi) is 6.68. The molecule has 174 valence electrons. The van der Waals surface area contributed by atoms with E-state index in [1.54, 1.807) is 0 Å². The van der Waals surface area contributed by atoms with Gasteiger partial charge in [-0.2, -0.15) is 0 Å². The van der Waals surface area contributed by atoms with Gasteiger partial charge < -0.3 is 14.2 Å². The Labute approximate surface area is 208 Å². The molecule has 1 aliphatic heterocycles. The standard InChI is InChI=1S/C28H28BrN3O2/c1-2-20-8-14-24(15-9-20)34-17-5-16-31-26-7-4-3-6-25(26)30-28(31)21-18-27(33)32(19-21)23-12-10-22(29)11-13-23/h3-4,6-15,21H,2,5,16-19H2,1H3. The van der Waals surface area contributed by atoms with Crippen molar-refractivity contribution >= 4 is 38.6 Å². The lowest BCUT2D eigenvalue weighted by Gasteiger charge is -2.17. The smallest absolute Gasteiger partial charge is 0.227 e.